The fourth-order valence-electron chi connectivity index (χ4n) is 3.37. The Labute approximate surface area is 161 Å². The lowest BCUT2D eigenvalue weighted by Crippen LogP contribution is -2.35. The van der Waals surface area contributed by atoms with Crippen LogP contribution in [0, 0.1) is 0 Å². The zero-order valence-corrected chi connectivity index (χ0v) is 15.9. The lowest BCUT2D eigenvalue weighted by atomic mass is 10.1. The summed E-state index contributed by atoms with van der Waals surface area (Å²) in [5.74, 6) is 0.0127. The summed E-state index contributed by atoms with van der Waals surface area (Å²) in [6.45, 7) is 2.71. The van der Waals surface area contributed by atoms with E-state index in [1.54, 1.807) is 24.3 Å². The van der Waals surface area contributed by atoms with Gasteiger partial charge in [-0.15, -0.1) is 0 Å². The predicted octanol–water partition coefficient (Wildman–Crippen LogP) is 3.38. The number of amides is 2. The first-order valence-corrected chi connectivity index (χ1v) is 9.53. The minimum absolute atomic E-state index is 0.0662. The highest BCUT2D eigenvalue weighted by molar-refractivity contribution is 5.96. The van der Waals surface area contributed by atoms with E-state index in [4.69, 9.17) is 0 Å². The third-order valence-electron chi connectivity index (χ3n) is 4.77. The molecule has 2 aromatic carbocycles. The first kappa shape index (κ1) is 19.1. The van der Waals surface area contributed by atoms with Gasteiger partial charge < -0.3 is 10.2 Å². The van der Waals surface area contributed by atoms with Crippen molar-refractivity contribution in [3.8, 4) is 0 Å². The van der Waals surface area contributed by atoms with Gasteiger partial charge in [-0.1, -0.05) is 30.3 Å². The normalized spacial score (nSPS) is 14.2. The molecule has 1 aliphatic rings. The lowest BCUT2D eigenvalue weighted by molar-refractivity contribution is -0.117. The first-order chi connectivity index (χ1) is 13.1. The van der Waals surface area contributed by atoms with Gasteiger partial charge in [0.1, 0.15) is 0 Å². The maximum absolute atomic E-state index is 12.5. The number of rotatable bonds is 6. The number of nitrogens with zero attached hydrogens (tertiary/aromatic N) is 2. The molecule has 0 spiro atoms. The molecule has 1 saturated heterocycles. The molecule has 1 heterocycles. The Kier molecular flexibility index (Phi) is 6.60. The summed E-state index contributed by atoms with van der Waals surface area (Å²) in [6.07, 6.45) is 3.36. The van der Waals surface area contributed by atoms with Crippen LogP contribution in [0.3, 0.4) is 0 Å². The van der Waals surface area contributed by atoms with Gasteiger partial charge in [0.05, 0.1) is 6.54 Å². The number of anilines is 1. The molecule has 0 bridgehead atoms. The largest absolute Gasteiger partial charge is 0.339 e. The van der Waals surface area contributed by atoms with Crippen molar-refractivity contribution in [1.82, 2.24) is 9.80 Å². The van der Waals surface area contributed by atoms with Crippen LogP contribution in [0.2, 0.25) is 0 Å². The number of benzene rings is 2. The molecule has 27 heavy (non-hydrogen) atoms. The molecule has 2 aromatic rings. The summed E-state index contributed by atoms with van der Waals surface area (Å²) in [5.41, 5.74) is 2.56. The number of carbonyl (C=O) groups excluding carboxylic acids is 2. The summed E-state index contributed by atoms with van der Waals surface area (Å²) >= 11 is 0. The second-order valence-electron chi connectivity index (χ2n) is 7.14. The summed E-state index contributed by atoms with van der Waals surface area (Å²) in [6, 6.07) is 17.2. The molecular weight excluding hydrogens is 338 g/mol. The maximum atomic E-state index is 12.5. The van der Waals surface area contributed by atoms with Crippen LogP contribution in [0.5, 0.6) is 0 Å². The van der Waals surface area contributed by atoms with Crippen LogP contribution in [0.15, 0.2) is 54.6 Å². The van der Waals surface area contributed by atoms with Crippen molar-refractivity contribution >= 4 is 17.5 Å². The van der Waals surface area contributed by atoms with Crippen molar-refractivity contribution in [2.24, 2.45) is 0 Å². The monoisotopic (exact) mass is 365 g/mol. The molecule has 0 unspecified atom stereocenters. The van der Waals surface area contributed by atoms with E-state index in [-0.39, 0.29) is 11.8 Å². The second kappa shape index (κ2) is 9.33. The van der Waals surface area contributed by atoms with Crippen LogP contribution in [-0.2, 0) is 11.3 Å². The van der Waals surface area contributed by atoms with E-state index in [1.165, 1.54) is 12.0 Å². The number of hydrogen-bond acceptors (Lipinski definition) is 3. The Bertz CT molecular complexity index is 753. The third-order valence-corrected chi connectivity index (χ3v) is 4.77. The molecule has 142 valence electrons. The standard InChI is InChI=1S/C22H27N3O2/c1-24(16-18-8-4-2-5-9-18)17-21(26)23-20-12-10-19(11-13-20)22(27)25-14-6-3-7-15-25/h2,4-5,8-13H,3,6-7,14-17H2,1H3,(H,23,26). The molecule has 3 rings (SSSR count). The summed E-state index contributed by atoms with van der Waals surface area (Å²) in [5, 5.41) is 2.90. The van der Waals surface area contributed by atoms with Gasteiger partial charge in [-0.3, -0.25) is 14.5 Å². The molecule has 5 nitrogen and oxygen atoms in total. The highest BCUT2D eigenvalue weighted by Crippen LogP contribution is 2.15. The Morgan fingerprint density at radius 1 is 0.963 bits per heavy atom. The van der Waals surface area contributed by atoms with Crippen LogP contribution in [0.4, 0.5) is 5.69 Å². The predicted molar refractivity (Wildman–Crippen MR) is 108 cm³/mol. The summed E-state index contributed by atoms with van der Waals surface area (Å²) in [7, 11) is 1.92. The molecule has 0 atom stereocenters. The molecule has 1 aliphatic heterocycles. The zero-order valence-electron chi connectivity index (χ0n) is 15.9. The van der Waals surface area contributed by atoms with Crippen molar-refractivity contribution in [3.63, 3.8) is 0 Å². The van der Waals surface area contributed by atoms with Gasteiger partial charge in [0.15, 0.2) is 0 Å². The van der Waals surface area contributed by atoms with Gasteiger partial charge in [0.2, 0.25) is 5.91 Å². The Morgan fingerprint density at radius 2 is 1.63 bits per heavy atom. The highest BCUT2D eigenvalue weighted by Gasteiger charge is 2.18. The van der Waals surface area contributed by atoms with E-state index in [2.05, 4.69) is 5.32 Å². The quantitative estimate of drug-likeness (QED) is 0.854. The van der Waals surface area contributed by atoms with Crippen molar-refractivity contribution in [3.05, 3.63) is 65.7 Å². The SMILES string of the molecule is CN(CC(=O)Nc1ccc(C(=O)N2CCCCC2)cc1)Cc1ccccc1. The molecule has 1 fully saturated rings. The summed E-state index contributed by atoms with van der Waals surface area (Å²) in [4.78, 5) is 28.6. The average molecular weight is 365 g/mol. The lowest BCUT2D eigenvalue weighted by Gasteiger charge is -2.26. The minimum atomic E-state index is -0.0662. The molecule has 0 aromatic heterocycles. The molecule has 0 radical (unpaired) electrons. The van der Waals surface area contributed by atoms with E-state index in [0.29, 0.717) is 17.8 Å². The van der Waals surface area contributed by atoms with E-state index < -0.39 is 0 Å². The van der Waals surface area contributed by atoms with Gasteiger partial charge >= 0.3 is 0 Å². The van der Waals surface area contributed by atoms with Gasteiger partial charge in [0, 0.05) is 30.9 Å². The van der Waals surface area contributed by atoms with Crippen LogP contribution < -0.4 is 5.32 Å². The molecule has 2 amide bonds. The van der Waals surface area contributed by atoms with Crippen LogP contribution >= 0.6 is 0 Å². The minimum Gasteiger partial charge on any atom is -0.339 e. The number of nitrogens with one attached hydrogen (secondary N) is 1. The maximum Gasteiger partial charge on any atom is 0.253 e. The second-order valence-corrected chi connectivity index (χ2v) is 7.14. The number of likely N-dealkylation sites (N-methyl/N-ethyl adjacent to an activating group) is 1. The molecule has 0 saturated carbocycles. The number of piperidine rings is 1. The molecule has 1 N–H and O–H groups in total. The topological polar surface area (TPSA) is 52.7 Å². The Morgan fingerprint density at radius 3 is 2.30 bits per heavy atom. The third kappa shape index (κ3) is 5.66. The van der Waals surface area contributed by atoms with E-state index in [1.807, 2.05) is 47.2 Å². The Hall–Kier alpha value is -2.66. The highest BCUT2D eigenvalue weighted by atomic mass is 16.2. The molecular formula is C22H27N3O2. The molecule has 5 heteroatoms. The zero-order chi connectivity index (χ0) is 19.1. The smallest absolute Gasteiger partial charge is 0.253 e. The van der Waals surface area contributed by atoms with Gasteiger partial charge in [-0.25, -0.2) is 0 Å². The average Bonchev–Trinajstić information content (AvgIpc) is 2.69. The number of carbonyl (C=O) groups is 2. The number of likely N-dealkylation sites (tertiary alicyclic amines) is 1. The van der Waals surface area contributed by atoms with Crippen molar-refractivity contribution in [2.75, 3.05) is 32.0 Å². The van der Waals surface area contributed by atoms with Crippen molar-refractivity contribution in [1.29, 1.82) is 0 Å². The van der Waals surface area contributed by atoms with Crippen molar-refractivity contribution < 1.29 is 9.59 Å². The van der Waals surface area contributed by atoms with Gasteiger partial charge in [0.25, 0.3) is 5.91 Å². The van der Waals surface area contributed by atoms with Crippen LogP contribution in [0.1, 0.15) is 35.2 Å². The van der Waals surface area contributed by atoms with E-state index in [9.17, 15) is 9.59 Å². The fourth-order valence-corrected chi connectivity index (χ4v) is 3.37. The van der Waals surface area contributed by atoms with Crippen LogP contribution in [-0.4, -0.2) is 48.3 Å². The first-order valence-electron chi connectivity index (χ1n) is 9.53. The number of hydrogen-bond donors (Lipinski definition) is 1. The van der Waals surface area contributed by atoms with Crippen LogP contribution in [0.25, 0.3) is 0 Å². The Balaban J connectivity index is 1.50. The van der Waals surface area contributed by atoms with Gasteiger partial charge in [-0.2, -0.15) is 0 Å². The van der Waals surface area contributed by atoms with E-state index in [0.717, 1.165) is 32.5 Å². The van der Waals surface area contributed by atoms with Crippen molar-refractivity contribution in [2.45, 2.75) is 25.8 Å². The molecule has 0 aliphatic carbocycles. The summed E-state index contributed by atoms with van der Waals surface area (Å²) < 4.78 is 0. The fraction of sp³-hybridized carbons (Fsp3) is 0.364. The van der Waals surface area contributed by atoms with E-state index >= 15 is 0 Å². The van der Waals surface area contributed by atoms with Gasteiger partial charge in [-0.05, 0) is 56.1 Å².